The van der Waals surface area contributed by atoms with E-state index in [0.29, 0.717) is 6.42 Å². The first-order valence-electron chi connectivity index (χ1n) is 9.91. The predicted molar refractivity (Wildman–Crippen MR) is 120 cm³/mol. The standard InChI is InChI=1S/C23H23BrN4O/c24-19-8-4-17(5-9-19)16-23(29)25-20-10-6-18(7-11-20)21-12-13-22(27-26-21)28-14-2-1-3-15-28/h4-13H,1-3,14-16H2,(H,25,29). The van der Waals surface area contributed by atoms with Crippen LogP contribution >= 0.6 is 15.9 Å². The molecule has 29 heavy (non-hydrogen) atoms. The maximum atomic E-state index is 12.3. The second-order valence-corrected chi connectivity index (χ2v) is 8.17. The van der Waals surface area contributed by atoms with Crippen LogP contribution < -0.4 is 10.2 Å². The van der Waals surface area contributed by atoms with Crippen molar-refractivity contribution in [3.05, 3.63) is 70.7 Å². The second kappa shape index (κ2) is 9.18. The largest absolute Gasteiger partial charge is 0.355 e. The number of hydrogen-bond acceptors (Lipinski definition) is 4. The lowest BCUT2D eigenvalue weighted by Gasteiger charge is -2.27. The summed E-state index contributed by atoms with van der Waals surface area (Å²) in [6.07, 6.45) is 4.09. The Morgan fingerprint density at radius 3 is 2.28 bits per heavy atom. The molecule has 5 nitrogen and oxygen atoms in total. The van der Waals surface area contributed by atoms with Gasteiger partial charge in [-0.05, 0) is 61.2 Å². The van der Waals surface area contributed by atoms with Crippen LogP contribution in [0.15, 0.2) is 65.1 Å². The third kappa shape index (κ3) is 5.21. The van der Waals surface area contributed by atoms with Crippen molar-refractivity contribution in [3.63, 3.8) is 0 Å². The number of aromatic nitrogens is 2. The Morgan fingerprint density at radius 1 is 0.897 bits per heavy atom. The van der Waals surface area contributed by atoms with Crippen LogP contribution in [0.5, 0.6) is 0 Å². The van der Waals surface area contributed by atoms with Crippen molar-refractivity contribution in [1.82, 2.24) is 10.2 Å². The molecule has 0 saturated carbocycles. The number of carbonyl (C=O) groups excluding carboxylic acids is 1. The number of hydrogen-bond donors (Lipinski definition) is 1. The minimum atomic E-state index is -0.0363. The topological polar surface area (TPSA) is 58.1 Å². The minimum absolute atomic E-state index is 0.0363. The fraction of sp³-hybridized carbons (Fsp3) is 0.261. The molecule has 1 fully saturated rings. The Hall–Kier alpha value is -2.73. The van der Waals surface area contributed by atoms with Crippen molar-refractivity contribution in [2.45, 2.75) is 25.7 Å². The highest BCUT2D eigenvalue weighted by Crippen LogP contribution is 2.22. The highest BCUT2D eigenvalue weighted by molar-refractivity contribution is 9.10. The third-order valence-electron chi connectivity index (χ3n) is 5.07. The molecule has 0 spiro atoms. The van der Waals surface area contributed by atoms with Crippen molar-refractivity contribution in [3.8, 4) is 11.3 Å². The van der Waals surface area contributed by atoms with Gasteiger partial charge in [-0.1, -0.05) is 40.2 Å². The van der Waals surface area contributed by atoms with E-state index in [9.17, 15) is 4.79 Å². The van der Waals surface area contributed by atoms with Gasteiger partial charge in [0.05, 0.1) is 12.1 Å². The molecule has 2 aromatic carbocycles. The molecule has 1 N–H and O–H groups in total. The molecule has 4 rings (SSSR count). The number of piperidine rings is 1. The number of nitrogens with zero attached hydrogens (tertiary/aromatic N) is 3. The van der Waals surface area contributed by atoms with E-state index >= 15 is 0 Å². The summed E-state index contributed by atoms with van der Waals surface area (Å²) in [5.74, 6) is 0.913. The summed E-state index contributed by atoms with van der Waals surface area (Å²) in [6, 6.07) is 19.5. The summed E-state index contributed by atoms with van der Waals surface area (Å²) in [6.45, 7) is 2.12. The number of benzene rings is 2. The molecule has 1 aromatic heterocycles. The molecule has 2 heterocycles. The fourth-order valence-electron chi connectivity index (χ4n) is 3.49. The highest BCUT2D eigenvalue weighted by Gasteiger charge is 2.13. The summed E-state index contributed by atoms with van der Waals surface area (Å²) >= 11 is 3.40. The summed E-state index contributed by atoms with van der Waals surface area (Å²) in [7, 11) is 0. The monoisotopic (exact) mass is 450 g/mol. The van der Waals surface area contributed by atoms with Crippen molar-refractivity contribution < 1.29 is 4.79 Å². The summed E-state index contributed by atoms with van der Waals surface area (Å²) in [5.41, 5.74) is 3.56. The van der Waals surface area contributed by atoms with Gasteiger partial charge in [0.2, 0.25) is 5.91 Å². The molecule has 3 aromatic rings. The second-order valence-electron chi connectivity index (χ2n) is 7.25. The number of anilines is 2. The molecule has 0 radical (unpaired) electrons. The lowest BCUT2D eigenvalue weighted by molar-refractivity contribution is -0.115. The van der Waals surface area contributed by atoms with E-state index in [0.717, 1.165) is 45.9 Å². The molecule has 1 aliphatic heterocycles. The van der Waals surface area contributed by atoms with Gasteiger partial charge < -0.3 is 10.2 Å². The zero-order chi connectivity index (χ0) is 20.1. The number of amides is 1. The van der Waals surface area contributed by atoms with E-state index in [1.165, 1.54) is 19.3 Å². The Labute approximate surface area is 179 Å². The fourth-order valence-corrected chi connectivity index (χ4v) is 3.75. The molecular formula is C23H23BrN4O. The van der Waals surface area contributed by atoms with E-state index in [1.54, 1.807) is 0 Å². The number of rotatable bonds is 5. The Balaban J connectivity index is 1.37. The van der Waals surface area contributed by atoms with Crippen LogP contribution in [-0.4, -0.2) is 29.2 Å². The third-order valence-corrected chi connectivity index (χ3v) is 5.60. The van der Waals surface area contributed by atoms with E-state index in [4.69, 9.17) is 0 Å². The van der Waals surface area contributed by atoms with Crippen LogP contribution in [0.4, 0.5) is 11.5 Å². The first-order chi connectivity index (χ1) is 14.2. The van der Waals surface area contributed by atoms with Gasteiger partial charge in [-0.2, -0.15) is 0 Å². The van der Waals surface area contributed by atoms with Crippen molar-refractivity contribution in [2.75, 3.05) is 23.3 Å². The molecule has 0 aliphatic carbocycles. The van der Waals surface area contributed by atoms with E-state index in [-0.39, 0.29) is 5.91 Å². The number of halogens is 1. The molecule has 0 bridgehead atoms. The summed E-state index contributed by atoms with van der Waals surface area (Å²) in [4.78, 5) is 14.6. The first-order valence-corrected chi connectivity index (χ1v) is 10.7. The Morgan fingerprint density at radius 2 is 1.62 bits per heavy atom. The molecule has 6 heteroatoms. The van der Waals surface area contributed by atoms with Crippen LogP contribution in [0.25, 0.3) is 11.3 Å². The van der Waals surface area contributed by atoms with Gasteiger partial charge in [0.25, 0.3) is 0 Å². The molecule has 0 unspecified atom stereocenters. The predicted octanol–water partition coefficient (Wildman–Crippen LogP) is 5.08. The van der Waals surface area contributed by atoms with Crippen LogP contribution in [-0.2, 0) is 11.2 Å². The van der Waals surface area contributed by atoms with E-state index < -0.39 is 0 Å². The normalized spacial score (nSPS) is 13.9. The average molecular weight is 451 g/mol. The molecule has 1 aliphatic rings. The summed E-state index contributed by atoms with van der Waals surface area (Å²) < 4.78 is 1.00. The van der Waals surface area contributed by atoms with Crippen molar-refractivity contribution in [2.24, 2.45) is 0 Å². The van der Waals surface area contributed by atoms with Crippen molar-refractivity contribution >= 4 is 33.3 Å². The first kappa shape index (κ1) is 19.6. The number of nitrogens with one attached hydrogen (secondary N) is 1. The molecular weight excluding hydrogens is 428 g/mol. The molecule has 1 amide bonds. The Bertz CT molecular complexity index is 950. The maximum Gasteiger partial charge on any atom is 0.228 e. The lowest BCUT2D eigenvalue weighted by atomic mass is 10.1. The van der Waals surface area contributed by atoms with Gasteiger partial charge >= 0.3 is 0 Å². The van der Waals surface area contributed by atoms with Gasteiger partial charge in [-0.3, -0.25) is 4.79 Å². The molecule has 148 valence electrons. The van der Waals surface area contributed by atoms with Crippen LogP contribution in [0.3, 0.4) is 0 Å². The molecule has 1 saturated heterocycles. The van der Waals surface area contributed by atoms with Gasteiger partial charge in [-0.15, -0.1) is 10.2 Å². The van der Waals surface area contributed by atoms with Crippen LogP contribution in [0.1, 0.15) is 24.8 Å². The van der Waals surface area contributed by atoms with E-state index in [1.807, 2.05) is 60.7 Å². The quantitative estimate of drug-likeness (QED) is 0.588. The zero-order valence-electron chi connectivity index (χ0n) is 16.1. The van der Waals surface area contributed by atoms with Gasteiger partial charge in [0.15, 0.2) is 5.82 Å². The number of carbonyl (C=O) groups is 1. The van der Waals surface area contributed by atoms with Crippen LogP contribution in [0.2, 0.25) is 0 Å². The van der Waals surface area contributed by atoms with Gasteiger partial charge in [0, 0.05) is 28.8 Å². The summed E-state index contributed by atoms with van der Waals surface area (Å²) in [5, 5.41) is 11.7. The van der Waals surface area contributed by atoms with E-state index in [2.05, 4.69) is 36.3 Å². The van der Waals surface area contributed by atoms with Gasteiger partial charge in [0.1, 0.15) is 0 Å². The maximum absolute atomic E-state index is 12.3. The van der Waals surface area contributed by atoms with Crippen molar-refractivity contribution in [1.29, 1.82) is 0 Å². The zero-order valence-corrected chi connectivity index (χ0v) is 17.7. The lowest BCUT2D eigenvalue weighted by Crippen LogP contribution is -2.30. The average Bonchev–Trinajstić information content (AvgIpc) is 2.77. The Kier molecular flexibility index (Phi) is 6.20. The van der Waals surface area contributed by atoms with Gasteiger partial charge in [-0.25, -0.2) is 0 Å². The van der Waals surface area contributed by atoms with Crippen LogP contribution in [0, 0.1) is 0 Å². The SMILES string of the molecule is O=C(Cc1ccc(Br)cc1)Nc1ccc(-c2ccc(N3CCCCC3)nn2)cc1. The minimum Gasteiger partial charge on any atom is -0.355 e. The highest BCUT2D eigenvalue weighted by atomic mass is 79.9. The smallest absolute Gasteiger partial charge is 0.228 e. The molecule has 0 atom stereocenters.